The summed E-state index contributed by atoms with van der Waals surface area (Å²) in [6, 6.07) is 0. The van der Waals surface area contributed by atoms with E-state index in [1.165, 1.54) is 0 Å². The van der Waals surface area contributed by atoms with Crippen LogP contribution in [0.4, 0.5) is 30.7 Å². The minimum atomic E-state index is -6.36. The van der Waals surface area contributed by atoms with Crippen molar-refractivity contribution >= 4 is 0 Å². The molecule has 0 aromatic carbocycles. The fraction of sp³-hybridized carbons (Fsp3) is 1.00. The van der Waals surface area contributed by atoms with Crippen LogP contribution in [0.3, 0.4) is 0 Å². The Morgan fingerprint density at radius 1 is 0.800 bits per heavy atom. The molecule has 0 heterocycles. The zero-order valence-electron chi connectivity index (χ0n) is 10.6. The topological polar surface area (TPSA) is 40.5 Å². The van der Waals surface area contributed by atoms with Crippen LogP contribution >= 0.6 is 0 Å². The highest BCUT2D eigenvalue weighted by Crippen LogP contribution is 2.48. The van der Waals surface area contributed by atoms with E-state index in [-0.39, 0.29) is 19.4 Å². The van der Waals surface area contributed by atoms with Crippen molar-refractivity contribution in [1.29, 1.82) is 0 Å². The molecule has 0 saturated heterocycles. The minimum absolute atomic E-state index is 0.0571. The van der Waals surface area contributed by atoms with Crippen molar-refractivity contribution in [3.8, 4) is 0 Å². The largest absolute Gasteiger partial charge is 0.459 e. The molecule has 0 aromatic rings. The van der Waals surface area contributed by atoms with E-state index in [9.17, 15) is 30.7 Å². The fourth-order valence-corrected chi connectivity index (χ4v) is 1.58. The van der Waals surface area contributed by atoms with Crippen LogP contribution in [-0.4, -0.2) is 40.9 Å². The van der Waals surface area contributed by atoms with Crippen molar-refractivity contribution in [3.63, 3.8) is 0 Å². The number of unbranched alkanes of at least 4 members (excludes halogenated alkanes) is 3. The molecule has 0 bridgehead atoms. The Bertz CT molecular complexity index is 278. The molecule has 1 unspecified atom stereocenters. The van der Waals surface area contributed by atoms with Gasteiger partial charge in [-0.1, -0.05) is 19.3 Å². The molecular weight excluding hydrogens is 297 g/mol. The summed E-state index contributed by atoms with van der Waals surface area (Å²) in [7, 11) is 0. The molecule has 9 heteroatoms. The Kier molecular flexibility index (Phi) is 7.23. The second-order valence-corrected chi connectivity index (χ2v) is 4.56. The second-order valence-electron chi connectivity index (χ2n) is 4.56. The Balaban J connectivity index is 4.32. The molecular formula is C11H17F7O2. The van der Waals surface area contributed by atoms with Crippen LogP contribution in [0, 0.1) is 0 Å². The van der Waals surface area contributed by atoms with Crippen LogP contribution in [0.1, 0.15) is 38.5 Å². The SMILES string of the molecule is OCCCCCCC(O)CC(F)(F)C(F)(F)C(F)(F)F. The molecule has 20 heavy (non-hydrogen) atoms. The quantitative estimate of drug-likeness (QED) is 0.505. The van der Waals surface area contributed by atoms with Crippen molar-refractivity contribution in [1.82, 2.24) is 0 Å². The zero-order valence-corrected chi connectivity index (χ0v) is 10.6. The lowest BCUT2D eigenvalue weighted by Gasteiger charge is -2.29. The first kappa shape index (κ1) is 19.4. The molecule has 122 valence electrons. The zero-order chi connectivity index (χ0) is 16.0. The van der Waals surface area contributed by atoms with E-state index in [2.05, 4.69) is 0 Å². The molecule has 0 aromatic heterocycles. The van der Waals surface area contributed by atoms with E-state index in [0.717, 1.165) is 0 Å². The molecule has 2 N–H and O–H groups in total. The summed E-state index contributed by atoms with van der Waals surface area (Å²) in [4.78, 5) is 0. The second kappa shape index (κ2) is 7.44. The molecule has 0 aliphatic heterocycles. The lowest BCUT2D eigenvalue weighted by atomic mass is 9.99. The first-order valence-corrected chi connectivity index (χ1v) is 6.07. The highest BCUT2D eigenvalue weighted by atomic mass is 19.4. The molecule has 0 spiro atoms. The number of alkyl halides is 7. The first-order chi connectivity index (χ1) is 8.95. The number of hydrogen-bond donors (Lipinski definition) is 2. The molecule has 0 rings (SSSR count). The number of aliphatic hydroxyl groups is 2. The van der Waals surface area contributed by atoms with E-state index in [4.69, 9.17) is 10.2 Å². The third kappa shape index (κ3) is 5.43. The summed E-state index contributed by atoms with van der Waals surface area (Å²) >= 11 is 0. The predicted molar refractivity (Wildman–Crippen MR) is 56.7 cm³/mol. The van der Waals surface area contributed by atoms with Gasteiger partial charge < -0.3 is 10.2 Å². The summed E-state index contributed by atoms with van der Waals surface area (Å²) in [5, 5.41) is 17.6. The average molecular weight is 314 g/mol. The van der Waals surface area contributed by atoms with Crippen molar-refractivity contribution in [2.24, 2.45) is 0 Å². The van der Waals surface area contributed by atoms with Crippen molar-refractivity contribution in [2.45, 2.75) is 62.7 Å². The van der Waals surface area contributed by atoms with Crippen LogP contribution in [-0.2, 0) is 0 Å². The Hall–Kier alpha value is -0.570. The van der Waals surface area contributed by atoms with E-state index in [1.54, 1.807) is 0 Å². The van der Waals surface area contributed by atoms with Crippen molar-refractivity contribution in [2.75, 3.05) is 6.61 Å². The molecule has 0 aliphatic carbocycles. The van der Waals surface area contributed by atoms with Crippen LogP contribution in [0.2, 0.25) is 0 Å². The van der Waals surface area contributed by atoms with Gasteiger partial charge in [-0.3, -0.25) is 0 Å². The normalized spacial score (nSPS) is 15.4. The highest BCUT2D eigenvalue weighted by molar-refractivity contribution is 4.92. The summed E-state index contributed by atoms with van der Waals surface area (Å²) < 4.78 is 86.4. The summed E-state index contributed by atoms with van der Waals surface area (Å²) in [6.07, 6.45) is -8.86. The van der Waals surface area contributed by atoms with Gasteiger partial charge in [0.1, 0.15) is 0 Å². The lowest BCUT2D eigenvalue weighted by molar-refractivity contribution is -0.358. The molecule has 2 nitrogen and oxygen atoms in total. The monoisotopic (exact) mass is 314 g/mol. The van der Waals surface area contributed by atoms with Gasteiger partial charge in [0.05, 0.1) is 6.10 Å². The maximum Gasteiger partial charge on any atom is 0.459 e. The third-order valence-electron chi connectivity index (χ3n) is 2.75. The minimum Gasteiger partial charge on any atom is -0.396 e. The van der Waals surface area contributed by atoms with E-state index in [1.807, 2.05) is 0 Å². The van der Waals surface area contributed by atoms with Gasteiger partial charge in [-0.05, 0) is 12.8 Å². The fourth-order valence-electron chi connectivity index (χ4n) is 1.58. The summed E-state index contributed by atoms with van der Waals surface area (Å²) in [5.74, 6) is -11.5. The summed E-state index contributed by atoms with van der Waals surface area (Å²) in [6.45, 7) is -0.0571. The van der Waals surface area contributed by atoms with Gasteiger partial charge >= 0.3 is 18.0 Å². The van der Waals surface area contributed by atoms with Crippen LogP contribution in [0.5, 0.6) is 0 Å². The Morgan fingerprint density at radius 3 is 1.75 bits per heavy atom. The van der Waals surface area contributed by atoms with Gasteiger partial charge in [0.15, 0.2) is 0 Å². The van der Waals surface area contributed by atoms with Gasteiger partial charge in [0.2, 0.25) is 0 Å². The Morgan fingerprint density at radius 2 is 1.30 bits per heavy atom. The molecule has 0 aliphatic rings. The van der Waals surface area contributed by atoms with E-state index < -0.39 is 30.5 Å². The number of halogens is 7. The van der Waals surface area contributed by atoms with Gasteiger partial charge in [0, 0.05) is 13.0 Å². The van der Waals surface area contributed by atoms with Crippen LogP contribution in [0.15, 0.2) is 0 Å². The molecule has 0 amide bonds. The predicted octanol–water partition coefficient (Wildman–Crippen LogP) is 3.51. The van der Waals surface area contributed by atoms with Crippen LogP contribution in [0.25, 0.3) is 0 Å². The van der Waals surface area contributed by atoms with Crippen LogP contribution < -0.4 is 0 Å². The van der Waals surface area contributed by atoms with Gasteiger partial charge in [-0.2, -0.15) is 30.7 Å². The molecule has 1 atom stereocenters. The molecule has 0 fully saturated rings. The Labute approximate surface area is 111 Å². The number of aliphatic hydroxyl groups excluding tert-OH is 2. The lowest BCUT2D eigenvalue weighted by Crippen LogP contribution is -2.53. The van der Waals surface area contributed by atoms with Crippen molar-refractivity contribution in [3.05, 3.63) is 0 Å². The van der Waals surface area contributed by atoms with E-state index in [0.29, 0.717) is 19.3 Å². The van der Waals surface area contributed by atoms with E-state index >= 15 is 0 Å². The molecule has 0 saturated carbocycles. The first-order valence-electron chi connectivity index (χ1n) is 6.07. The smallest absolute Gasteiger partial charge is 0.396 e. The van der Waals surface area contributed by atoms with Gasteiger partial charge in [-0.25, -0.2) is 0 Å². The van der Waals surface area contributed by atoms with Gasteiger partial charge in [0.25, 0.3) is 0 Å². The summed E-state index contributed by atoms with van der Waals surface area (Å²) in [5.41, 5.74) is 0. The standard InChI is InChI=1S/C11H17F7O2/c12-9(13,10(14,15)11(16,17)18)7-8(20)5-3-1-2-4-6-19/h8,19-20H,1-7H2. The highest BCUT2D eigenvalue weighted by Gasteiger charge is 2.72. The number of rotatable bonds is 9. The number of hydrogen-bond acceptors (Lipinski definition) is 2. The maximum atomic E-state index is 12.9. The molecule has 0 radical (unpaired) electrons. The average Bonchev–Trinajstić information content (AvgIpc) is 2.26. The van der Waals surface area contributed by atoms with Gasteiger partial charge in [-0.15, -0.1) is 0 Å². The maximum absolute atomic E-state index is 12.9. The third-order valence-corrected chi connectivity index (χ3v) is 2.75. The van der Waals surface area contributed by atoms with Crippen molar-refractivity contribution < 1.29 is 40.9 Å².